The van der Waals surface area contributed by atoms with Gasteiger partial charge >= 0.3 is 0 Å². The fourth-order valence-electron chi connectivity index (χ4n) is 2.77. The molecule has 0 saturated carbocycles. The van der Waals surface area contributed by atoms with E-state index < -0.39 is 0 Å². The number of benzene rings is 1. The van der Waals surface area contributed by atoms with E-state index in [1.165, 1.54) is 0 Å². The largest absolute Gasteiger partial charge is 0.325 e. The van der Waals surface area contributed by atoms with Gasteiger partial charge in [0.2, 0.25) is 0 Å². The number of carbonyl (C=O) groups excluding carboxylic acids is 1. The van der Waals surface area contributed by atoms with Gasteiger partial charge in [-0.25, -0.2) is 0 Å². The lowest BCUT2D eigenvalue weighted by Crippen LogP contribution is -2.27. The number of rotatable bonds is 2. The minimum Gasteiger partial charge on any atom is -0.325 e. The van der Waals surface area contributed by atoms with Crippen molar-refractivity contribution in [2.45, 2.75) is 26.2 Å². The van der Waals surface area contributed by atoms with Crippen LogP contribution in [0.15, 0.2) is 41.2 Å². The molecule has 1 aromatic carbocycles. The van der Waals surface area contributed by atoms with Crippen molar-refractivity contribution in [1.29, 1.82) is 0 Å². The lowest BCUT2D eigenvalue weighted by atomic mass is 9.87. The number of pyridine rings is 1. The van der Waals surface area contributed by atoms with E-state index in [2.05, 4.69) is 17.2 Å². The number of carbonyl (C=O) groups is 1. The van der Waals surface area contributed by atoms with Gasteiger partial charge in [-0.15, -0.1) is 0 Å². The number of hydrogen-bond acceptors (Lipinski definition) is 2. The summed E-state index contributed by atoms with van der Waals surface area (Å²) >= 11 is 0. The average Bonchev–Trinajstić information content (AvgIpc) is 2.48. The molecule has 21 heavy (non-hydrogen) atoms. The minimum atomic E-state index is -0.358. The molecule has 0 aliphatic heterocycles. The van der Waals surface area contributed by atoms with E-state index in [0.29, 0.717) is 11.6 Å². The number of H-pyrrole nitrogens is 1. The third-order valence-corrected chi connectivity index (χ3v) is 3.95. The Kier molecular flexibility index (Phi) is 3.60. The smallest absolute Gasteiger partial charge is 0.261 e. The first-order valence-electron chi connectivity index (χ1n) is 7.25. The Morgan fingerprint density at radius 1 is 1.29 bits per heavy atom. The number of para-hydroxylation sites is 1. The normalized spacial score (nSPS) is 17.1. The number of amides is 1. The lowest BCUT2D eigenvalue weighted by molar-refractivity contribution is 0.102. The molecular formula is C17H18N2O2. The molecule has 1 unspecified atom stereocenters. The van der Waals surface area contributed by atoms with Crippen molar-refractivity contribution in [1.82, 2.24) is 4.98 Å². The number of hydrogen-bond donors (Lipinski definition) is 2. The summed E-state index contributed by atoms with van der Waals surface area (Å²) in [6.07, 6.45) is 2.88. The molecule has 4 heteroatoms. The maximum absolute atomic E-state index is 12.3. The second kappa shape index (κ2) is 5.56. The van der Waals surface area contributed by atoms with Gasteiger partial charge in [-0.3, -0.25) is 9.59 Å². The quantitative estimate of drug-likeness (QED) is 0.889. The van der Waals surface area contributed by atoms with Crippen molar-refractivity contribution in [3.63, 3.8) is 0 Å². The van der Waals surface area contributed by atoms with Crippen molar-refractivity contribution in [2.75, 3.05) is 5.32 Å². The zero-order chi connectivity index (χ0) is 14.8. The maximum atomic E-state index is 12.3. The van der Waals surface area contributed by atoms with Crippen LogP contribution in [0.3, 0.4) is 0 Å². The molecule has 1 aliphatic rings. The molecule has 2 aromatic rings. The summed E-state index contributed by atoms with van der Waals surface area (Å²) in [4.78, 5) is 27.2. The van der Waals surface area contributed by atoms with Crippen LogP contribution in [0, 0.1) is 5.92 Å². The Labute approximate surface area is 123 Å². The molecule has 0 saturated heterocycles. The topological polar surface area (TPSA) is 62.0 Å². The monoisotopic (exact) mass is 282 g/mol. The SMILES string of the molecule is CC1CCc2[nH]c(=O)c(C(=O)Nc3ccccc3)cc2C1. The van der Waals surface area contributed by atoms with Gasteiger partial charge in [0.1, 0.15) is 5.56 Å². The van der Waals surface area contributed by atoms with Gasteiger partial charge in [0.25, 0.3) is 11.5 Å². The van der Waals surface area contributed by atoms with Crippen LogP contribution in [0.2, 0.25) is 0 Å². The van der Waals surface area contributed by atoms with E-state index >= 15 is 0 Å². The molecule has 1 aliphatic carbocycles. The molecule has 108 valence electrons. The summed E-state index contributed by atoms with van der Waals surface area (Å²) in [6, 6.07) is 10.9. The van der Waals surface area contributed by atoms with Crippen molar-refractivity contribution in [2.24, 2.45) is 5.92 Å². The molecular weight excluding hydrogens is 264 g/mol. The highest BCUT2D eigenvalue weighted by Gasteiger charge is 2.20. The van der Waals surface area contributed by atoms with Gasteiger partial charge in [-0.2, -0.15) is 0 Å². The van der Waals surface area contributed by atoms with Crippen LogP contribution in [0.1, 0.15) is 35.0 Å². The van der Waals surface area contributed by atoms with E-state index in [1.54, 1.807) is 18.2 Å². The summed E-state index contributed by atoms with van der Waals surface area (Å²) < 4.78 is 0. The van der Waals surface area contributed by atoms with Gasteiger partial charge in [0.05, 0.1) is 0 Å². The first kappa shape index (κ1) is 13.6. The van der Waals surface area contributed by atoms with Gasteiger partial charge in [-0.05, 0) is 48.9 Å². The molecule has 0 radical (unpaired) electrons. The average molecular weight is 282 g/mol. The van der Waals surface area contributed by atoms with Crippen LogP contribution in [-0.4, -0.2) is 10.9 Å². The molecule has 1 amide bonds. The van der Waals surface area contributed by atoms with Gasteiger partial charge in [-0.1, -0.05) is 25.1 Å². The Bertz CT molecular complexity index is 719. The first-order chi connectivity index (χ1) is 10.1. The van der Waals surface area contributed by atoms with E-state index in [4.69, 9.17) is 0 Å². The Hall–Kier alpha value is -2.36. The zero-order valence-corrected chi connectivity index (χ0v) is 12.0. The highest BCUT2D eigenvalue weighted by atomic mass is 16.2. The van der Waals surface area contributed by atoms with Crippen molar-refractivity contribution < 1.29 is 4.79 Å². The molecule has 2 N–H and O–H groups in total. The molecule has 3 rings (SSSR count). The molecule has 1 heterocycles. The molecule has 0 fully saturated rings. The summed E-state index contributed by atoms with van der Waals surface area (Å²) in [5.41, 5.74) is 2.64. The Balaban J connectivity index is 1.90. The number of anilines is 1. The van der Waals surface area contributed by atoms with Crippen LogP contribution >= 0.6 is 0 Å². The third kappa shape index (κ3) is 2.89. The van der Waals surface area contributed by atoms with Crippen LogP contribution in [0.5, 0.6) is 0 Å². The van der Waals surface area contributed by atoms with Crippen LogP contribution < -0.4 is 10.9 Å². The van der Waals surface area contributed by atoms with Gasteiger partial charge < -0.3 is 10.3 Å². The highest BCUT2D eigenvalue weighted by molar-refractivity contribution is 6.04. The van der Waals surface area contributed by atoms with E-state index in [9.17, 15) is 9.59 Å². The minimum absolute atomic E-state index is 0.187. The number of aromatic nitrogens is 1. The molecule has 0 bridgehead atoms. The standard InChI is InChI=1S/C17H18N2O2/c1-11-7-8-15-12(9-11)10-14(17(21)19-15)16(20)18-13-5-3-2-4-6-13/h2-6,10-11H,7-9H2,1H3,(H,18,20)(H,19,21). The summed E-state index contributed by atoms with van der Waals surface area (Å²) in [7, 11) is 0. The molecule has 0 spiro atoms. The zero-order valence-electron chi connectivity index (χ0n) is 12.0. The van der Waals surface area contributed by atoms with Crippen LogP contribution in [0.25, 0.3) is 0 Å². The van der Waals surface area contributed by atoms with Crippen molar-refractivity contribution in [3.8, 4) is 0 Å². The van der Waals surface area contributed by atoms with E-state index in [1.807, 2.05) is 18.2 Å². The molecule has 4 nitrogen and oxygen atoms in total. The summed E-state index contributed by atoms with van der Waals surface area (Å²) in [6.45, 7) is 2.19. The number of aryl methyl sites for hydroxylation is 1. The van der Waals surface area contributed by atoms with Crippen molar-refractivity contribution in [3.05, 3.63) is 63.6 Å². The highest BCUT2D eigenvalue weighted by Crippen LogP contribution is 2.23. The number of fused-ring (bicyclic) bond motifs is 1. The van der Waals surface area contributed by atoms with Gasteiger partial charge in [0.15, 0.2) is 0 Å². The van der Waals surface area contributed by atoms with Gasteiger partial charge in [0, 0.05) is 11.4 Å². The molecule has 1 atom stereocenters. The van der Waals surface area contributed by atoms with Crippen LogP contribution in [-0.2, 0) is 12.8 Å². The second-order valence-electron chi connectivity index (χ2n) is 5.68. The fourth-order valence-corrected chi connectivity index (χ4v) is 2.77. The Morgan fingerprint density at radius 3 is 2.81 bits per heavy atom. The summed E-state index contributed by atoms with van der Waals surface area (Å²) in [5.74, 6) is 0.233. The lowest BCUT2D eigenvalue weighted by Gasteiger charge is -2.21. The predicted octanol–water partition coefficient (Wildman–Crippen LogP) is 2.75. The third-order valence-electron chi connectivity index (χ3n) is 3.95. The summed E-state index contributed by atoms with van der Waals surface area (Å²) in [5, 5.41) is 2.76. The van der Waals surface area contributed by atoms with E-state index in [0.717, 1.165) is 30.5 Å². The van der Waals surface area contributed by atoms with Crippen molar-refractivity contribution >= 4 is 11.6 Å². The predicted molar refractivity (Wildman–Crippen MR) is 82.6 cm³/mol. The Morgan fingerprint density at radius 2 is 2.05 bits per heavy atom. The second-order valence-corrected chi connectivity index (χ2v) is 5.68. The number of nitrogens with one attached hydrogen (secondary N) is 2. The number of aromatic amines is 1. The van der Waals surface area contributed by atoms with Crippen LogP contribution in [0.4, 0.5) is 5.69 Å². The fraction of sp³-hybridized carbons (Fsp3) is 0.294. The molecule has 1 aromatic heterocycles. The maximum Gasteiger partial charge on any atom is 0.261 e. The van der Waals surface area contributed by atoms with E-state index in [-0.39, 0.29) is 17.0 Å². The first-order valence-corrected chi connectivity index (χ1v) is 7.25.